The first-order valence-electron chi connectivity index (χ1n) is 4.98. The molecule has 0 saturated heterocycles. The van der Waals surface area contributed by atoms with Crippen LogP contribution in [0.4, 0.5) is 4.39 Å². The second kappa shape index (κ2) is 3.98. The van der Waals surface area contributed by atoms with Crippen LogP contribution in [0.3, 0.4) is 0 Å². The molecule has 1 aromatic carbocycles. The molecule has 1 fully saturated rings. The third-order valence-corrected chi connectivity index (χ3v) is 2.50. The average molecular weight is 208 g/mol. The molecule has 0 bridgehead atoms. The smallest absolute Gasteiger partial charge is 0.248 e. The number of rotatable bonds is 4. The highest BCUT2D eigenvalue weighted by molar-refractivity contribution is 5.92. The Balaban J connectivity index is 2.07. The molecule has 1 aromatic rings. The topological polar surface area (TPSA) is 55.1 Å². The summed E-state index contributed by atoms with van der Waals surface area (Å²) in [5.41, 5.74) is 5.83. The van der Waals surface area contributed by atoms with Crippen molar-refractivity contribution >= 4 is 5.91 Å². The molecule has 0 atom stereocenters. The van der Waals surface area contributed by atoms with Gasteiger partial charge in [0.15, 0.2) is 0 Å². The van der Waals surface area contributed by atoms with E-state index in [1.54, 1.807) is 12.1 Å². The monoisotopic (exact) mass is 208 g/mol. The Bertz CT molecular complexity index is 388. The highest BCUT2D eigenvalue weighted by Crippen LogP contribution is 2.20. The molecule has 3 N–H and O–H groups in total. The predicted molar refractivity (Wildman–Crippen MR) is 54.8 cm³/mol. The highest BCUT2D eigenvalue weighted by atomic mass is 19.1. The zero-order chi connectivity index (χ0) is 10.8. The van der Waals surface area contributed by atoms with Crippen molar-refractivity contribution in [3.63, 3.8) is 0 Å². The van der Waals surface area contributed by atoms with Gasteiger partial charge in [-0.3, -0.25) is 4.79 Å². The van der Waals surface area contributed by atoms with Gasteiger partial charge >= 0.3 is 0 Å². The van der Waals surface area contributed by atoms with Crippen molar-refractivity contribution < 1.29 is 9.18 Å². The number of halogens is 1. The third-order valence-electron chi connectivity index (χ3n) is 2.50. The van der Waals surface area contributed by atoms with Gasteiger partial charge in [0.2, 0.25) is 5.91 Å². The number of carbonyl (C=O) groups is 1. The van der Waals surface area contributed by atoms with E-state index in [2.05, 4.69) is 5.32 Å². The van der Waals surface area contributed by atoms with Gasteiger partial charge < -0.3 is 11.1 Å². The van der Waals surface area contributed by atoms with Gasteiger partial charge in [-0.05, 0) is 25.0 Å². The lowest BCUT2D eigenvalue weighted by Gasteiger charge is -2.05. The van der Waals surface area contributed by atoms with Crippen LogP contribution in [0.1, 0.15) is 28.8 Å². The summed E-state index contributed by atoms with van der Waals surface area (Å²) in [6.07, 6.45) is 2.34. The van der Waals surface area contributed by atoms with Crippen LogP contribution in [-0.4, -0.2) is 11.9 Å². The molecule has 3 nitrogen and oxygen atoms in total. The number of nitrogens with two attached hydrogens (primary N) is 1. The van der Waals surface area contributed by atoms with Gasteiger partial charge in [0.1, 0.15) is 5.82 Å². The Morgan fingerprint density at radius 2 is 2.27 bits per heavy atom. The van der Waals surface area contributed by atoms with Crippen molar-refractivity contribution in [2.24, 2.45) is 5.73 Å². The van der Waals surface area contributed by atoms with E-state index in [1.165, 1.54) is 18.9 Å². The van der Waals surface area contributed by atoms with Crippen molar-refractivity contribution in [2.45, 2.75) is 25.4 Å². The standard InChI is InChI=1S/C11H13FN2O/c12-10-5-7(11(13)15)1-2-8(10)6-14-9-3-4-9/h1-2,5,9,14H,3-4,6H2,(H2,13,15). The molecule has 0 unspecified atom stereocenters. The first-order chi connectivity index (χ1) is 7.16. The quantitative estimate of drug-likeness (QED) is 0.780. The fourth-order valence-corrected chi connectivity index (χ4v) is 1.39. The summed E-state index contributed by atoms with van der Waals surface area (Å²) in [6, 6.07) is 4.88. The summed E-state index contributed by atoms with van der Waals surface area (Å²) in [4.78, 5) is 10.8. The van der Waals surface area contributed by atoms with Crippen molar-refractivity contribution in [3.8, 4) is 0 Å². The fourth-order valence-electron chi connectivity index (χ4n) is 1.39. The van der Waals surface area contributed by atoms with E-state index in [0.717, 1.165) is 0 Å². The van der Waals surface area contributed by atoms with Crippen molar-refractivity contribution in [2.75, 3.05) is 0 Å². The van der Waals surface area contributed by atoms with Gasteiger partial charge in [-0.1, -0.05) is 6.07 Å². The lowest BCUT2D eigenvalue weighted by molar-refractivity contribution is 0.1000. The second-order valence-corrected chi connectivity index (χ2v) is 3.83. The number of hydrogen-bond acceptors (Lipinski definition) is 2. The van der Waals surface area contributed by atoms with Crippen LogP contribution in [0.2, 0.25) is 0 Å². The maximum atomic E-state index is 13.4. The largest absolute Gasteiger partial charge is 0.366 e. The normalized spacial score (nSPS) is 15.3. The van der Waals surface area contributed by atoms with Gasteiger partial charge in [0, 0.05) is 23.7 Å². The number of hydrogen-bond donors (Lipinski definition) is 2. The van der Waals surface area contributed by atoms with Gasteiger partial charge in [-0.2, -0.15) is 0 Å². The molecule has 0 aromatic heterocycles. The van der Waals surface area contributed by atoms with E-state index >= 15 is 0 Å². The van der Waals surface area contributed by atoms with Gasteiger partial charge in [0.25, 0.3) is 0 Å². The zero-order valence-electron chi connectivity index (χ0n) is 8.29. The number of amides is 1. The van der Waals surface area contributed by atoms with Crippen LogP contribution in [0, 0.1) is 5.82 Å². The van der Waals surface area contributed by atoms with E-state index in [-0.39, 0.29) is 11.4 Å². The van der Waals surface area contributed by atoms with E-state index in [4.69, 9.17) is 5.73 Å². The molecule has 0 heterocycles. The number of benzene rings is 1. The third kappa shape index (κ3) is 2.53. The molecule has 0 radical (unpaired) electrons. The molecule has 15 heavy (non-hydrogen) atoms. The van der Waals surface area contributed by atoms with E-state index < -0.39 is 5.91 Å². The summed E-state index contributed by atoms with van der Waals surface area (Å²) >= 11 is 0. The van der Waals surface area contributed by atoms with Crippen molar-refractivity contribution in [1.82, 2.24) is 5.32 Å². The lowest BCUT2D eigenvalue weighted by atomic mass is 10.1. The van der Waals surface area contributed by atoms with E-state index in [1.807, 2.05) is 0 Å². The van der Waals surface area contributed by atoms with E-state index in [9.17, 15) is 9.18 Å². The summed E-state index contributed by atoms with van der Waals surface area (Å²) in [5, 5.41) is 3.21. The summed E-state index contributed by atoms with van der Waals surface area (Å²) in [6.45, 7) is 0.509. The van der Waals surface area contributed by atoms with Crippen LogP contribution in [0.15, 0.2) is 18.2 Å². The molecule has 80 valence electrons. The summed E-state index contributed by atoms with van der Waals surface area (Å²) in [7, 11) is 0. The van der Waals surface area contributed by atoms with Crippen LogP contribution < -0.4 is 11.1 Å². The minimum atomic E-state index is -0.601. The molecular weight excluding hydrogens is 195 g/mol. The molecular formula is C11H13FN2O. The maximum Gasteiger partial charge on any atom is 0.248 e. The van der Waals surface area contributed by atoms with Gasteiger partial charge in [0.05, 0.1) is 0 Å². The van der Waals surface area contributed by atoms with Crippen molar-refractivity contribution in [3.05, 3.63) is 35.1 Å². The van der Waals surface area contributed by atoms with Gasteiger partial charge in [-0.25, -0.2) is 4.39 Å². The number of nitrogens with one attached hydrogen (secondary N) is 1. The Kier molecular flexibility index (Phi) is 2.68. The highest BCUT2D eigenvalue weighted by Gasteiger charge is 2.20. The summed E-state index contributed by atoms with van der Waals surface area (Å²) < 4.78 is 13.4. The van der Waals surface area contributed by atoms with Crippen LogP contribution >= 0.6 is 0 Å². The minimum absolute atomic E-state index is 0.211. The molecule has 2 rings (SSSR count). The van der Waals surface area contributed by atoms with Crippen LogP contribution in [0.25, 0.3) is 0 Å². The lowest BCUT2D eigenvalue weighted by Crippen LogP contribution is -2.17. The Hall–Kier alpha value is -1.42. The fraction of sp³-hybridized carbons (Fsp3) is 0.364. The Labute approximate surface area is 87.5 Å². The molecule has 0 spiro atoms. The number of carbonyl (C=O) groups excluding carboxylic acids is 1. The van der Waals surface area contributed by atoms with Crippen LogP contribution in [-0.2, 0) is 6.54 Å². The molecule has 4 heteroatoms. The maximum absolute atomic E-state index is 13.4. The minimum Gasteiger partial charge on any atom is -0.366 e. The predicted octanol–water partition coefficient (Wildman–Crippen LogP) is 1.18. The average Bonchev–Trinajstić information content (AvgIpc) is 2.99. The molecule has 1 aliphatic rings. The van der Waals surface area contributed by atoms with E-state index in [0.29, 0.717) is 18.2 Å². The molecule has 0 aliphatic heterocycles. The Morgan fingerprint density at radius 3 is 2.80 bits per heavy atom. The SMILES string of the molecule is NC(=O)c1ccc(CNC2CC2)c(F)c1. The molecule has 1 saturated carbocycles. The zero-order valence-corrected chi connectivity index (χ0v) is 8.29. The number of primary amides is 1. The van der Waals surface area contributed by atoms with Gasteiger partial charge in [-0.15, -0.1) is 0 Å². The molecule has 1 aliphatic carbocycles. The Morgan fingerprint density at radius 1 is 1.53 bits per heavy atom. The molecule has 1 amide bonds. The second-order valence-electron chi connectivity index (χ2n) is 3.83. The van der Waals surface area contributed by atoms with Crippen molar-refractivity contribution in [1.29, 1.82) is 0 Å². The first kappa shape index (κ1) is 10.1. The summed E-state index contributed by atoms with van der Waals surface area (Å²) in [5.74, 6) is -0.977. The first-order valence-corrected chi connectivity index (χ1v) is 4.98. The van der Waals surface area contributed by atoms with Crippen LogP contribution in [0.5, 0.6) is 0 Å².